The van der Waals surface area contributed by atoms with Crippen molar-refractivity contribution in [1.82, 2.24) is 9.80 Å². The maximum atomic E-state index is 12.1. The molecule has 4 aliphatic rings. The van der Waals surface area contributed by atoms with Crippen LogP contribution < -0.4 is 14.0 Å². The summed E-state index contributed by atoms with van der Waals surface area (Å²) in [6, 6.07) is 1.04. The predicted octanol–water partition coefficient (Wildman–Crippen LogP) is -3.28. The molecule has 9 heteroatoms. The highest BCUT2D eigenvalue weighted by Gasteiger charge is 2.48. The molecule has 0 saturated carbocycles. The van der Waals surface area contributed by atoms with E-state index in [9.17, 15) is 9.90 Å². The molecule has 138 valence electrons. The summed E-state index contributed by atoms with van der Waals surface area (Å²) < 4.78 is 32.7. The molecule has 0 aromatic rings. The van der Waals surface area contributed by atoms with Gasteiger partial charge in [0, 0.05) is 38.1 Å². The van der Waals surface area contributed by atoms with Crippen LogP contribution in [0, 0.1) is 22.1 Å². The minimum atomic E-state index is -4.69. The lowest BCUT2D eigenvalue weighted by atomic mass is 9.70. The van der Waals surface area contributed by atoms with E-state index in [-0.39, 0.29) is 6.10 Å². The van der Waals surface area contributed by atoms with Gasteiger partial charge in [-0.1, -0.05) is 0 Å². The molecule has 2 bridgehead atoms. The summed E-state index contributed by atoms with van der Waals surface area (Å²) in [5.74, 6) is 1.68. The van der Waals surface area contributed by atoms with Crippen LogP contribution in [0.4, 0.5) is 0 Å². The highest BCUT2D eigenvalue weighted by molar-refractivity contribution is 5.77. The van der Waals surface area contributed by atoms with Crippen molar-refractivity contribution < 1.29 is 38.8 Å². The van der Waals surface area contributed by atoms with Gasteiger partial charge in [0.05, 0.1) is 21.0 Å². The minimum absolute atomic E-state index is 0.118. The molecule has 4 heterocycles. The Balaban J connectivity index is 0.000000300. The molecule has 4 aliphatic heterocycles. The fourth-order valence-corrected chi connectivity index (χ4v) is 5.07. The first-order valence-electron chi connectivity index (χ1n) is 8.57. The zero-order valence-corrected chi connectivity index (χ0v) is 14.3. The van der Waals surface area contributed by atoms with Gasteiger partial charge < -0.3 is 10.0 Å². The second-order valence-corrected chi connectivity index (χ2v) is 8.19. The number of aliphatic hydroxyl groups is 1. The first kappa shape index (κ1) is 18.3. The van der Waals surface area contributed by atoms with Crippen molar-refractivity contribution in [3.63, 3.8) is 0 Å². The van der Waals surface area contributed by atoms with E-state index in [0.717, 1.165) is 45.3 Å². The third-order valence-electron chi connectivity index (χ3n) is 5.94. The third kappa shape index (κ3) is 4.19. The van der Waals surface area contributed by atoms with Crippen LogP contribution in [0.5, 0.6) is 0 Å². The molecule has 5 atom stereocenters. The van der Waals surface area contributed by atoms with Gasteiger partial charge in [0.15, 0.2) is 0 Å². The molecule has 0 spiro atoms. The van der Waals surface area contributed by atoms with Crippen molar-refractivity contribution in [3.8, 4) is 0 Å². The van der Waals surface area contributed by atoms with Gasteiger partial charge >= 0.3 is 0 Å². The Labute approximate surface area is 143 Å². The number of halogens is 1. The zero-order chi connectivity index (χ0) is 17.5. The van der Waals surface area contributed by atoms with Crippen LogP contribution >= 0.6 is 0 Å². The van der Waals surface area contributed by atoms with Gasteiger partial charge in [-0.25, -0.2) is 0 Å². The number of carbonyl (C=O) groups excluding carboxylic acids is 1. The van der Waals surface area contributed by atoms with Gasteiger partial charge in [0.25, 0.3) is 0 Å². The average Bonchev–Trinajstić information content (AvgIpc) is 2.48. The number of hydrogen-bond acceptors (Lipinski definition) is 7. The SMILES string of the molecule is O=C1CCC[C@H]2[C@@H]3C[C@H](CN12)[C@H]1C[C@H](O)CCN1C3.[O-][Cl+3]([O-])([O-])O. The van der Waals surface area contributed by atoms with Gasteiger partial charge in [0.1, 0.15) is 0 Å². The Morgan fingerprint density at radius 1 is 1.04 bits per heavy atom. The molecule has 4 fully saturated rings. The molecular weight excluding hydrogens is 340 g/mol. The smallest absolute Gasteiger partial charge is 0.222 e. The molecule has 4 rings (SSSR count). The Morgan fingerprint density at radius 3 is 2.42 bits per heavy atom. The fraction of sp³-hybridized carbons (Fsp3) is 0.933. The van der Waals surface area contributed by atoms with Crippen molar-refractivity contribution in [1.29, 1.82) is 0 Å². The van der Waals surface area contributed by atoms with Crippen molar-refractivity contribution >= 4 is 5.91 Å². The summed E-state index contributed by atoms with van der Waals surface area (Å²) in [6.07, 6.45) is 6.07. The average molecular weight is 365 g/mol. The quantitative estimate of drug-likeness (QED) is 0.460. The molecule has 1 amide bonds. The van der Waals surface area contributed by atoms with E-state index in [2.05, 4.69) is 9.80 Å². The Morgan fingerprint density at radius 2 is 1.71 bits per heavy atom. The first-order chi connectivity index (χ1) is 11.2. The van der Waals surface area contributed by atoms with Crippen LogP contribution in [0.15, 0.2) is 0 Å². The van der Waals surface area contributed by atoms with Crippen molar-refractivity contribution in [3.05, 3.63) is 0 Å². The van der Waals surface area contributed by atoms with Crippen LogP contribution in [0.1, 0.15) is 38.5 Å². The first-order valence-corrected chi connectivity index (χ1v) is 9.83. The van der Waals surface area contributed by atoms with E-state index in [1.54, 1.807) is 0 Å². The summed E-state index contributed by atoms with van der Waals surface area (Å²) in [5, 5.41) is 9.92. The Hall–Kier alpha value is -0.480. The second kappa shape index (κ2) is 7.03. The molecule has 0 aromatic heterocycles. The molecule has 8 nitrogen and oxygen atoms in total. The van der Waals surface area contributed by atoms with E-state index in [1.807, 2.05) is 0 Å². The number of aliphatic hydroxyl groups excluding tert-OH is 1. The van der Waals surface area contributed by atoms with Crippen LogP contribution in [-0.4, -0.2) is 63.3 Å². The Bertz CT molecular complexity index is 467. The number of piperidine rings is 4. The van der Waals surface area contributed by atoms with E-state index < -0.39 is 10.2 Å². The van der Waals surface area contributed by atoms with Crippen LogP contribution in [0.25, 0.3) is 0 Å². The maximum Gasteiger partial charge on any atom is 0.222 e. The van der Waals surface area contributed by atoms with E-state index in [0.29, 0.717) is 29.8 Å². The molecule has 0 aromatic carbocycles. The van der Waals surface area contributed by atoms with Crippen LogP contribution in [-0.2, 0) is 4.79 Å². The predicted molar refractivity (Wildman–Crippen MR) is 73.8 cm³/mol. The molecule has 0 aliphatic carbocycles. The number of hydrogen-bond donors (Lipinski definition) is 2. The molecule has 4 saturated heterocycles. The largest absolute Gasteiger partial charge is 0.393 e. The summed E-state index contributed by atoms with van der Waals surface area (Å²) in [6.45, 7) is 3.16. The lowest BCUT2D eigenvalue weighted by Crippen LogP contribution is -2.65. The van der Waals surface area contributed by atoms with Gasteiger partial charge in [0.2, 0.25) is 5.91 Å². The summed E-state index contributed by atoms with van der Waals surface area (Å²) in [5.41, 5.74) is 0. The van der Waals surface area contributed by atoms with Crippen molar-refractivity contribution in [2.24, 2.45) is 11.8 Å². The Kier molecular flexibility index (Phi) is 5.36. The van der Waals surface area contributed by atoms with E-state index >= 15 is 0 Å². The zero-order valence-electron chi connectivity index (χ0n) is 13.6. The normalized spacial score (nSPS) is 39.5. The number of carbonyl (C=O) groups is 1. The molecule has 2 N–H and O–H groups in total. The van der Waals surface area contributed by atoms with E-state index in [1.165, 1.54) is 12.8 Å². The van der Waals surface area contributed by atoms with Gasteiger partial charge in [-0.2, -0.15) is 14.0 Å². The minimum Gasteiger partial charge on any atom is -0.393 e. The lowest BCUT2D eigenvalue weighted by Gasteiger charge is -2.57. The van der Waals surface area contributed by atoms with Gasteiger partial charge in [-0.15, -0.1) is 0 Å². The lowest BCUT2D eigenvalue weighted by molar-refractivity contribution is -1.92. The molecule has 0 radical (unpaired) electrons. The highest BCUT2D eigenvalue weighted by atomic mass is 35.7. The maximum absolute atomic E-state index is 12.1. The van der Waals surface area contributed by atoms with Crippen LogP contribution in [0.3, 0.4) is 0 Å². The highest BCUT2D eigenvalue weighted by Crippen LogP contribution is 2.42. The van der Waals surface area contributed by atoms with Crippen molar-refractivity contribution in [2.75, 3.05) is 19.6 Å². The standard InChI is InChI=1S/C15H24N2O2.ClHO4/c18-12-4-5-16-8-10-6-11(14(16)7-12)9-17-13(10)2-1-3-15(17)19;2-1(3,4)5/h10-14,18H,1-9H2;(H,2,3,4,5)/t10-,11-,12-,13+,14-;/m1./s1. The third-order valence-corrected chi connectivity index (χ3v) is 5.94. The van der Waals surface area contributed by atoms with Gasteiger partial charge in [-0.3, -0.25) is 9.69 Å². The number of nitrogens with zero attached hydrogens (tertiary/aromatic N) is 2. The summed E-state index contributed by atoms with van der Waals surface area (Å²) >= 11 is 0. The van der Waals surface area contributed by atoms with Gasteiger partial charge in [-0.05, 0) is 43.9 Å². The number of amides is 1. The topological polar surface area (TPSA) is 133 Å². The van der Waals surface area contributed by atoms with Crippen molar-refractivity contribution in [2.45, 2.75) is 56.7 Å². The second-order valence-electron chi connectivity index (χ2n) is 7.40. The monoisotopic (exact) mass is 364 g/mol. The summed E-state index contributed by atoms with van der Waals surface area (Å²) in [4.78, 5) is 17.0. The molecular formula is C15H25ClN2O6. The number of fused-ring (bicyclic) bond motifs is 6. The molecule has 24 heavy (non-hydrogen) atoms. The van der Waals surface area contributed by atoms with Crippen LogP contribution in [0.2, 0.25) is 0 Å². The number of rotatable bonds is 0. The van der Waals surface area contributed by atoms with E-state index in [4.69, 9.17) is 18.6 Å². The summed E-state index contributed by atoms with van der Waals surface area (Å²) in [7, 11) is -4.69. The fourth-order valence-electron chi connectivity index (χ4n) is 5.07. The molecule has 0 unspecified atom stereocenters.